The van der Waals surface area contributed by atoms with Gasteiger partial charge in [-0.25, -0.2) is 14.0 Å². The van der Waals surface area contributed by atoms with Crippen LogP contribution in [0.15, 0.2) is 48.5 Å². The number of halogens is 4. The van der Waals surface area contributed by atoms with Crippen molar-refractivity contribution in [2.24, 2.45) is 5.92 Å². The van der Waals surface area contributed by atoms with E-state index in [0.717, 1.165) is 38.5 Å². The Hall–Kier alpha value is -3.65. The molecule has 0 saturated heterocycles. The number of carboxylic acids is 1. The minimum Gasteiger partial charge on any atom is -0.475 e. The van der Waals surface area contributed by atoms with Crippen LogP contribution >= 0.6 is 0 Å². The third-order valence-corrected chi connectivity index (χ3v) is 7.31. The first-order valence-corrected chi connectivity index (χ1v) is 13.4. The fraction of sp³-hybridized carbons (Fsp3) is 0.483. The SMILES string of the molecule is N#Cc1cccc(NC(=O)N[C@@H]2CCCC[C@H]2N[C@H]2CC[C@H](Cc3ccc(F)cc3)CC2)c1.O=C(O)C(F)(F)F. The van der Waals surface area contributed by atoms with Crippen molar-refractivity contribution in [3.8, 4) is 6.07 Å². The maximum Gasteiger partial charge on any atom is 0.490 e. The molecule has 2 saturated carbocycles. The van der Waals surface area contributed by atoms with Crippen molar-refractivity contribution in [1.29, 1.82) is 5.26 Å². The fourth-order valence-corrected chi connectivity index (χ4v) is 5.29. The third-order valence-electron chi connectivity index (χ3n) is 7.31. The summed E-state index contributed by atoms with van der Waals surface area (Å²) in [4.78, 5) is 21.5. The second kappa shape index (κ2) is 14.7. The Labute approximate surface area is 231 Å². The zero-order chi connectivity index (χ0) is 29.1. The number of carbonyl (C=O) groups is 2. The molecule has 0 bridgehead atoms. The lowest BCUT2D eigenvalue weighted by Crippen LogP contribution is -2.55. The number of hydrogen-bond acceptors (Lipinski definition) is 4. The molecule has 40 heavy (non-hydrogen) atoms. The summed E-state index contributed by atoms with van der Waals surface area (Å²) < 4.78 is 44.9. The molecule has 0 radical (unpaired) electrons. The van der Waals surface area contributed by atoms with Crippen LogP contribution in [0.3, 0.4) is 0 Å². The van der Waals surface area contributed by atoms with Gasteiger partial charge in [-0.15, -0.1) is 0 Å². The fourth-order valence-electron chi connectivity index (χ4n) is 5.29. The highest BCUT2D eigenvalue weighted by Crippen LogP contribution is 2.29. The van der Waals surface area contributed by atoms with E-state index in [2.05, 4.69) is 22.0 Å². The molecule has 0 aliphatic heterocycles. The minimum absolute atomic E-state index is 0.106. The molecular weight excluding hydrogens is 528 g/mol. The summed E-state index contributed by atoms with van der Waals surface area (Å²) in [5.74, 6) is -2.28. The van der Waals surface area contributed by atoms with E-state index in [1.165, 1.54) is 24.8 Å². The minimum atomic E-state index is -5.08. The molecule has 0 aromatic heterocycles. The van der Waals surface area contributed by atoms with Crippen molar-refractivity contribution in [3.05, 3.63) is 65.5 Å². The Balaban J connectivity index is 0.000000559. The number of urea groups is 1. The number of alkyl halides is 3. The standard InChI is InChI=1S/C27H33FN4O.C2HF3O2/c28-22-12-8-19(9-13-22)16-20-10-14-23(15-11-20)30-25-6-1-2-7-26(25)32-27(33)31-24-5-3-4-21(17-24)18-29;3-2(4,5)1(6)7/h3-5,8-9,12-13,17,20,23,25-26,30H,1-2,6-7,10-11,14-16H2,(H2,31,32,33);(H,6,7)/t20-,23-,25-,26-;/m1./s1. The van der Waals surface area contributed by atoms with E-state index in [1.54, 1.807) is 36.4 Å². The molecule has 4 N–H and O–H groups in total. The van der Waals surface area contributed by atoms with Crippen LogP contribution in [0.2, 0.25) is 0 Å². The molecule has 7 nitrogen and oxygen atoms in total. The first-order valence-electron chi connectivity index (χ1n) is 13.4. The summed E-state index contributed by atoms with van der Waals surface area (Å²) in [6, 6.07) is 16.6. The molecule has 0 unspecified atom stereocenters. The average Bonchev–Trinajstić information content (AvgIpc) is 2.92. The van der Waals surface area contributed by atoms with Crippen molar-refractivity contribution < 1.29 is 32.3 Å². The van der Waals surface area contributed by atoms with Gasteiger partial charge in [0.2, 0.25) is 0 Å². The molecule has 2 amide bonds. The van der Waals surface area contributed by atoms with Crippen LogP contribution in [0, 0.1) is 23.1 Å². The van der Waals surface area contributed by atoms with Gasteiger partial charge in [0, 0.05) is 23.8 Å². The molecular formula is C29H34F4N4O3. The van der Waals surface area contributed by atoms with Crippen LogP contribution in [-0.2, 0) is 11.2 Å². The molecule has 2 fully saturated rings. The lowest BCUT2D eigenvalue weighted by atomic mass is 9.81. The zero-order valence-electron chi connectivity index (χ0n) is 22.0. The molecule has 0 spiro atoms. The lowest BCUT2D eigenvalue weighted by Gasteiger charge is -2.38. The van der Waals surface area contributed by atoms with Gasteiger partial charge in [0.25, 0.3) is 0 Å². The number of nitrogens with zero attached hydrogens (tertiary/aromatic N) is 1. The maximum atomic E-state index is 13.1. The Kier molecular flexibility index (Phi) is 11.3. The van der Waals surface area contributed by atoms with Crippen LogP contribution in [0.1, 0.15) is 62.5 Å². The van der Waals surface area contributed by atoms with Gasteiger partial charge in [-0.05, 0) is 86.8 Å². The second-order valence-corrected chi connectivity index (χ2v) is 10.3. The van der Waals surface area contributed by atoms with E-state index >= 15 is 0 Å². The molecule has 2 aromatic rings. The predicted molar refractivity (Wildman–Crippen MR) is 142 cm³/mol. The molecule has 2 aromatic carbocycles. The predicted octanol–water partition coefficient (Wildman–Crippen LogP) is 6.15. The van der Waals surface area contributed by atoms with Gasteiger partial charge in [0.05, 0.1) is 11.6 Å². The Morgan fingerprint density at radius 1 is 0.950 bits per heavy atom. The van der Waals surface area contributed by atoms with E-state index < -0.39 is 12.1 Å². The highest BCUT2D eigenvalue weighted by molar-refractivity contribution is 5.89. The van der Waals surface area contributed by atoms with Gasteiger partial charge in [-0.3, -0.25) is 0 Å². The molecule has 216 valence electrons. The summed E-state index contributed by atoms with van der Waals surface area (Å²) >= 11 is 0. The smallest absolute Gasteiger partial charge is 0.475 e. The number of rotatable bonds is 6. The van der Waals surface area contributed by atoms with Crippen LogP contribution in [0.5, 0.6) is 0 Å². The van der Waals surface area contributed by atoms with Crippen molar-refractivity contribution in [2.75, 3.05) is 5.32 Å². The first-order chi connectivity index (χ1) is 19.0. The van der Waals surface area contributed by atoms with Gasteiger partial charge < -0.3 is 21.1 Å². The highest BCUT2D eigenvalue weighted by atomic mass is 19.4. The number of aliphatic carboxylic acids is 1. The van der Waals surface area contributed by atoms with E-state index in [9.17, 15) is 22.4 Å². The number of hydrogen-bond donors (Lipinski definition) is 4. The summed E-state index contributed by atoms with van der Waals surface area (Å²) in [6.45, 7) is 0. The average molecular weight is 563 g/mol. The second-order valence-electron chi connectivity index (χ2n) is 10.3. The molecule has 4 rings (SSSR count). The van der Waals surface area contributed by atoms with Gasteiger partial charge in [0.15, 0.2) is 0 Å². The summed E-state index contributed by atoms with van der Waals surface area (Å²) in [7, 11) is 0. The molecule has 0 heterocycles. The lowest BCUT2D eigenvalue weighted by molar-refractivity contribution is -0.192. The zero-order valence-corrected chi connectivity index (χ0v) is 22.0. The number of amides is 2. The largest absolute Gasteiger partial charge is 0.490 e. The van der Waals surface area contributed by atoms with E-state index in [1.807, 2.05) is 12.1 Å². The van der Waals surface area contributed by atoms with Crippen molar-refractivity contribution >= 4 is 17.7 Å². The van der Waals surface area contributed by atoms with Gasteiger partial charge >= 0.3 is 18.2 Å². The van der Waals surface area contributed by atoms with Crippen LogP contribution in [0.25, 0.3) is 0 Å². The van der Waals surface area contributed by atoms with Crippen LogP contribution in [0.4, 0.5) is 28.0 Å². The van der Waals surface area contributed by atoms with Gasteiger partial charge in [-0.1, -0.05) is 31.0 Å². The number of carbonyl (C=O) groups excluding carboxylic acids is 1. The summed E-state index contributed by atoms with van der Waals surface area (Å²) in [5, 5.41) is 26.1. The van der Waals surface area contributed by atoms with Gasteiger partial charge in [-0.2, -0.15) is 18.4 Å². The number of anilines is 1. The van der Waals surface area contributed by atoms with Crippen molar-refractivity contribution in [1.82, 2.24) is 10.6 Å². The molecule has 2 atom stereocenters. The third kappa shape index (κ3) is 10.2. The number of benzene rings is 2. The monoisotopic (exact) mass is 562 g/mol. The van der Waals surface area contributed by atoms with E-state index in [-0.39, 0.29) is 23.9 Å². The quantitative estimate of drug-likeness (QED) is 0.315. The number of nitrogens with one attached hydrogen (secondary N) is 3. The van der Waals surface area contributed by atoms with E-state index in [4.69, 9.17) is 15.2 Å². The van der Waals surface area contributed by atoms with E-state index in [0.29, 0.717) is 23.2 Å². The highest BCUT2D eigenvalue weighted by Gasteiger charge is 2.38. The normalized spacial score (nSPS) is 22.7. The van der Waals surface area contributed by atoms with Crippen LogP contribution < -0.4 is 16.0 Å². The topological polar surface area (TPSA) is 114 Å². The maximum absolute atomic E-state index is 13.1. The summed E-state index contributed by atoms with van der Waals surface area (Å²) in [5.41, 5.74) is 2.38. The Morgan fingerprint density at radius 2 is 1.57 bits per heavy atom. The summed E-state index contributed by atoms with van der Waals surface area (Å²) in [6.07, 6.45) is 4.93. The molecule has 2 aliphatic carbocycles. The molecule has 2 aliphatic rings. The number of nitriles is 1. The number of carboxylic acid groups (broad SMARTS) is 1. The first kappa shape index (κ1) is 30.9. The van der Waals surface area contributed by atoms with Crippen molar-refractivity contribution in [3.63, 3.8) is 0 Å². The Morgan fingerprint density at radius 3 is 2.17 bits per heavy atom. The van der Waals surface area contributed by atoms with Crippen molar-refractivity contribution in [2.45, 2.75) is 82.1 Å². The molecule has 11 heteroatoms. The Bertz CT molecular complexity index is 1160. The van der Waals surface area contributed by atoms with Crippen LogP contribution in [-0.4, -0.2) is 41.4 Å². The van der Waals surface area contributed by atoms with Gasteiger partial charge in [0.1, 0.15) is 5.82 Å².